The summed E-state index contributed by atoms with van der Waals surface area (Å²) in [7, 11) is 0. The number of carbonyl (C=O) groups excluding carboxylic acids is 1. The van der Waals surface area contributed by atoms with Crippen LogP contribution in [0.5, 0.6) is 0 Å². The van der Waals surface area contributed by atoms with E-state index >= 15 is 0 Å². The standard InChI is InChI=1S/C17H17ClO/c1-2-13-8-10-14(11-9-13)12-16(17(18)19)15-6-4-3-5-7-15/h3-11,16H,2,12H2,1H3. The van der Waals surface area contributed by atoms with Crippen molar-refractivity contribution in [2.75, 3.05) is 0 Å². The van der Waals surface area contributed by atoms with Gasteiger partial charge >= 0.3 is 0 Å². The minimum Gasteiger partial charge on any atom is -0.281 e. The zero-order chi connectivity index (χ0) is 13.7. The lowest BCUT2D eigenvalue weighted by molar-refractivity contribution is -0.113. The lowest BCUT2D eigenvalue weighted by Gasteiger charge is -2.13. The zero-order valence-electron chi connectivity index (χ0n) is 11.0. The Bertz CT molecular complexity index is 531. The number of benzene rings is 2. The van der Waals surface area contributed by atoms with Crippen LogP contribution in [0.1, 0.15) is 29.5 Å². The van der Waals surface area contributed by atoms with Gasteiger partial charge in [0.25, 0.3) is 0 Å². The summed E-state index contributed by atoms with van der Waals surface area (Å²) in [5.41, 5.74) is 3.42. The van der Waals surface area contributed by atoms with E-state index in [1.807, 2.05) is 30.3 Å². The van der Waals surface area contributed by atoms with Crippen molar-refractivity contribution in [2.24, 2.45) is 0 Å². The first-order chi connectivity index (χ1) is 9.20. The van der Waals surface area contributed by atoms with Crippen molar-refractivity contribution in [3.8, 4) is 0 Å². The van der Waals surface area contributed by atoms with Crippen molar-refractivity contribution in [1.82, 2.24) is 0 Å². The molecule has 98 valence electrons. The fraction of sp³-hybridized carbons (Fsp3) is 0.235. The minimum atomic E-state index is -0.300. The van der Waals surface area contributed by atoms with Gasteiger partial charge in [-0.25, -0.2) is 0 Å². The predicted molar refractivity (Wildman–Crippen MR) is 79.6 cm³/mol. The average molecular weight is 273 g/mol. The van der Waals surface area contributed by atoms with Crippen LogP contribution in [0.25, 0.3) is 0 Å². The van der Waals surface area contributed by atoms with Crippen molar-refractivity contribution in [1.29, 1.82) is 0 Å². The highest BCUT2D eigenvalue weighted by atomic mass is 35.5. The molecule has 0 aromatic heterocycles. The number of rotatable bonds is 5. The molecule has 2 aromatic rings. The highest BCUT2D eigenvalue weighted by Gasteiger charge is 2.18. The van der Waals surface area contributed by atoms with Crippen molar-refractivity contribution < 1.29 is 4.79 Å². The summed E-state index contributed by atoms with van der Waals surface area (Å²) in [6, 6.07) is 18.1. The Kier molecular flexibility index (Phi) is 4.75. The van der Waals surface area contributed by atoms with E-state index in [0.717, 1.165) is 17.5 Å². The quantitative estimate of drug-likeness (QED) is 0.740. The fourth-order valence-corrected chi connectivity index (χ4v) is 2.36. The maximum absolute atomic E-state index is 11.6. The van der Waals surface area contributed by atoms with Gasteiger partial charge < -0.3 is 0 Å². The van der Waals surface area contributed by atoms with Crippen molar-refractivity contribution in [3.63, 3.8) is 0 Å². The molecule has 0 amide bonds. The van der Waals surface area contributed by atoms with Gasteiger partial charge in [0, 0.05) is 0 Å². The van der Waals surface area contributed by atoms with Gasteiger partial charge in [0.15, 0.2) is 0 Å². The van der Waals surface area contributed by atoms with Crippen LogP contribution in [0.2, 0.25) is 0 Å². The van der Waals surface area contributed by atoms with Crippen LogP contribution in [0, 0.1) is 0 Å². The highest BCUT2D eigenvalue weighted by molar-refractivity contribution is 6.64. The Morgan fingerprint density at radius 3 is 2.11 bits per heavy atom. The van der Waals surface area contributed by atoms with E-state index in [0.29, 0.717) is 6.42 Å². The zero-order valence-corrected chi connectivity index (χ0v) is 11.7. The molecule has 19 heavy (non-hydrogen) atoms. The fourth-order valence-electron chi connectivity index (χ4n) is 2.16. The topological polar surface area (TPSA) is 17.1 Å². The summed E-state index contributed by atoms with van der Waals surface area (Å²) in [5, 5.41) is -0.300. The second kappa shape index (κ2) is 6.53. The molecule has 0 N–H and O–H groups in total. The Morgan fingerprint density at radius 2 is 1.58 bits per heavy atom. The molecule has 0 aliphatic rings. The molecule has 0 radical (unpaired) electrons. The third-order valence-corrected chi connectivity index (χ3v) is 3.61. The molecule has 0 saturated heterocycles. The van der Waals surface area contributed by atoms with Gasteiger partial charge in [-0.3, -0.25) is 4.79 Å². The summed E-state index contributed by atoms with van der Waals surface area (Å²) in [6.45, 7) is 2.13. The third kappa shape index (κ3) is 3.68. The molecule has 0 fully saturated rings. The smallest absolute Gasteiger partial charge is 0.229 e. The number of aryl methyl sites for hydroxylation is 1. The largest absolute Gasteiger partial charge is 0.281 e. The van der Waals surface area contributed by atoms with E-state index in [4.69, 9.17) is 11.6 Å². The van der Waals surface area contributed by atoms with Gasteiger partial charge in [-0.2, -0.15) is 0 Å². The van der Waals surface area contributed by atoms with E-state index in [1.54, 1.807) is 0 Å². The van der Waals surface area contributed by atoms with E-state index < -0.39 is 0 Å². The predicted octanol–water partition coefficient (Wildman–Crippen LogP) is 4.34. The van der Waals surface area contributed by atoms with Crippen LogP contribution in [-0.4, -0.2) is 5.24 Å². The summed E-state index contributed by atoms with van der Waals surface area (Å²) >= 11 is 5.75. The molecule has 0 saturated carbocycles. The molecule has 0 aliphatic heterocycles. The number of carbonyl (C=O) groups is 1. The summed E-state index contributed by atoms with van der Waals surface area (Å²) in [5.74, 6) is -0.268. The number of halogens is 1. The highest BCUT2D eigenvalue weighted by Crippen LogP contribution is 2.23. The first-order valence-electron chi connectivity index (χ1n) is 6.52. The van der Waals surface area contributed by atoms with Crippen LogP contribution in [0.4, 0.5) is 0 Å². The van der Waals surface area contributed by atoms with Crippen LogP contribution >= 0.6 is 11.6 Å². The Morgan fingerprint density at radius 1 is 1.00 bits per heavy atom. The summed E-state index contributed by atoms with van der Waals surface area (Å²) in [6.07, 6.45) is 1.67. The normalized spacial score (nSPS) is 12.1. The van der Waals surface area contributed by atoms with Crippen LogP contribution in [-0.2, 0) is 17.6 Å². The molecule has 2 heteroatoms. The van der Waals surface area contributed by atoms with Gasteiger partial charge in [0.05, 0.1) is 5.92 Å². The molecular weight excluding hydrogens is 256 g/mol. The maximum Gasteiger partial charge on any atom is 0.229 e. The first kappa shape index (κ1) is 13.8. The first-order valence-corrected chi connectivity index (χ1v) is 6.90. The van der Waals surface area contributed by atoms with Gasteiger partial charge in [0.1, 0.15) is 0 Å². The van der Waals surface area contributed by atoms with Crippen LogP contribution < -0.4 is 0 Å². The second-order valence-corrected chi connectivity index (χ2v) is 5.01. The molecular formula is C17H17ClO. The molecule has 2 rings (SSSR count). The Hall–Kier alpha value is -1.60. The molecule has 0 heterocycles. The second-order valence-electron chi connectivity index (χ2n) is 4.64. The van der Waals surface area contributed by atoms with Crippen LogP contribution in [0.3, 0.4) is 0 Å². The maximum atomic E-state index is 11.6. The minimum absolute atomic E-state index is 0.268. The van der Waals surface area contributed by atoms with Gasteiger partial charge in [0.2, 0.25) is 5.24 Å². The van der Waals surface area contributed by atoms with Crippen LogP contribution in [0.15, 0.2) is 54.6 Å². The molecule has 0 bridgehead atoms. The molecule has 1 unspecified atom stereocenters. The van der Waals surface area contributed by atoms with Crippen molar-refractivity contribution >= 4 is 16.8 Å². The Labute approximate surface area is 119 Å². The average Bonchev–Trinajstić information content (AvgIpc) is 2.46. The van der Waals surface area contributed by atoms with Gasteiger partial charge in [-0.15, -0.1) is 0 Å². The summed E-state index contributed by atoms with van der Waals surface area (Å²) in [4.78, 5) is 11.6. The number of hydrogen-bond donors (Lipinski definition) is 0. The molecule has 2 aromatic carbocycles. The summed E-state index contributed by atoms with van der Waals surface area (Å²) < 4.78 is 0. The van der Waals surface area contributed by atoms with Gasteiger partial charge in [-0.1, -0.05) is 61.5 Å². The molecule has 0 spiro atoms. The van der Waals surface area contributed by atoms with E-state index in [2.05, 4.69) is 31.2 Å². The Balaban J connectivity index is 2.19. The molecule has 1 atom stereocenters. The van der Waals surface area contributed by atoms with E-state index in [9.17, 15) is 4.79 Å². The van der Waals surface area contributed by atoms with Gasteiger partial charge in [-0.05, 0) is 41.1 Å². The lowest BCUT2D eigenvalue weighted by Crippen LogP contribution is -2.10. The SMILES string of the molecule is CCc1ccc(CC(C(=O)Cl)c2ccccc2)cc1. The molecule has 1 nitrogen and oxygen atoms in total. The lowest BCUT2D eigenvalue weighted by atomic mass is 9.92. The van der Waals surface area contributed by atoms with E-state index in [1.165, 1.54) is 5.56 Å². The van der Waals surface area contributed by atoms with Crippen molar-refractivity contribution in [2.45, 2.75) is 25.7 Å². The van der Waals surface area contributed by atoms with E-state index in [-0.39, 0.29) is 11.2 Å². The van der Waals surface area contributed by atoms with Crippen molar-refractivity contribution in [3.05, 3.63) is 71.3 Å². The monoisotopic (exact) mass is 272 g/mol. The third-order valence-electron chi connectivity index (χ3n) is 3.35. The molecule has 0 aliphatic carbocycles. The number of hydrogen-bond acceptors (Lipinski definition) is 1.